The molecule has 5 heteroatoms. The molecule has 2 rings (SSSR count). The smallest absolute Gasteiger partial charge is 0.283 e. The van der Waals surface area contributed by atoms with E-state index in [2.05, 4.69) is 5.32 Å². The summed E-state index contributed by atoms with van der Waals surface area (Å²) in [5, 5.41) is 4.74. The van der Waals surface area contributed by atoms with Crippen molar-refractivity contribution in [2.24, 2.45) is 0 Å². The maximum absolute atomic E-state index is 10.6. The van der Waals surface area contributed by atoms with E-state index < -0.39 is 16.0 Å². The molecule has 0 unspecified atom stereocenters. The molecule has 0 aliphatic heterocycles. The van der Waals surface area contributed by atoms with Crippen molar-refractivity contribution in [2.45, 2.75) is 0 Å². The Balaban J connectivity index is 2.26. The lowest BCUT2D eigenvalue weighted by Gasteiger charge is -2.05. The lowest BCUT2D eigenvalue weighted by molar-refractivity contribution is 0.485. The zero-order valence-corrected chi connectivity index (χ0v) is 9.24. The number of benzene rings is 2. The van der Waals surface area contributed by atoms with Gasteiger partial charge in [-0.3, -0.25) is 4.55 Å². The predicted octanol–water partition coefficient (Wildman–Crippen LogP) is 2.10. The largest absolute Gasteiger partial charge is 0.370 e. The van der Waals surface area contributed by atoms with Gasteiger partial charge in [0, 0.05) is 5.69 Å². The highest BCUT2D eigenvalue weighted by Gasteiger charge is 2.03. The highest BCUT2D eigenvalue weighted by atomic mass is 32.2. The second kappa shape index (κ2) is 4.11. The van der Waals surface area contributed by atoms with E-state index in [0.29, 0.717) is 5.69 Å². The molecule has 0 aliphatic rings. The van der Waals surface area contributed by atoms with Gasteiger partial charge in [-0.05, 0) is 22.9 Å². The minimum Gasteiger partial charge on any atom is -0.370 e. The van der Waals surface area contributed by atoms with Gasteiger partial charge in [-0.25, -0.2) is 0 Å². The average molecular weight is 237 g/mol. The lowest BCUT2D eigenvalue weighted by atomic mass is 10.1. The topological polar surface area (TPSA) is 66.4 Å². The lowest BCUT2D eigenvalue weighted by Crippen LogP contribution is -2.12. The van der Waals surface area contributed by atoms with Gasteiger partial charge in [0.2, 0.25) is 0 Å². The molecule has 0 bridgehead atoms. The van der Waals surface area contributed by atoms with Gasteiger partial charge < -0.3 is 5.32 Å². The van der Waals surface area contributed by atoms with Crippen LogP contribution in [0.1, 0.15) is 0 Å². The molecule has 2 aromatic rings. The Morgan fingerprint density at radius 1 is 1.06 bits per heavy atom. The molecule has 2 aromatic carbocycles. The normalized spacial score (nSPS) is 11.6. The summed E-state index contributed by atoms with van der Waals surface area (Å²) in [4.78, 5) is 0. The third kappa shape index (κ3) is 2.71. The first-order chi connectivity index (χ1) is 7.54. The molecule has 0 amide bonds. The molecule has 0 atom stereocenters. The zero-order valence-electron chi connectivity index (χ0n) is 8.42. The molecule has 0 aliphatic carbocycles. The van der Waals surface area contributed by atoms with E-state index in [1.807, 2.05) is 36.4 Å². The van der Waals surface area contributed by atoms with E-state index in [1.54, 1.807) is 6.07 Å². The Bertz CT molecular complexity index is 607. The van der Waals surface area contributed by atoms with Gasteiger partial charge >= 0.3 is 0 Å². The molecule has 2 N–H and O–H groups in total. The zero-order chi connectivity index (χ0) is 11.6. The van der Waals surface area contributed by atoms with Crippen molar-refractivity contribution in [2.75, 3.05) is 11.2 Å². The monoisotopic (exact) mass is 237 g/mol. The number of hydrogen-bond donors (Lipinski definition) is 2. The first-order valence-corrected chi connectivity index (χ1v) is 6.33. The molecule has 0 aromatic heterocycles. The second-order valence-electron chi connectivity index (χ2n) is 3.46. The van der Waals surface area contributed by atoms with Gasteiger partial charge in [-0.2, -0.15) is 8.42 Å². The molecule has 0 heterocycles. The van der Waals surface area contributed by atoms with Gasteiger partial charge in [0.25, 0.3) is 10.1 Å². The number of hydrogen-bond acceptors (Lipinski definition) is 3. The quantitative estimate of drug-likeness (QED) is 0.802. The molecule has 0 saturated carbocycles. The Kier molecular flexibility index (Phi) is 2.80. The van der Waals surface area contributed by atoms with E-state index >= 15 is 0 Å². The van der Waals surface area contributed by atoms with Crippen LogP contribution >= 0.6 is 0 Å². The van der Waals surface area contributed by atoms with Gasteiger partial charge in [-0.15, -0.1) is 0 Å². The highest BCUT2D eigenvalue weighted by molar-refractivity contribution is 7.85. The summed E-state index contributed by atoms with van der Waals surface area (Å²) >= 11 is 0. The van der Waals surface area contributed by atoms with Crippen molar-refractivity contribution in [3.05, 3.63) is 42.5 Å². The molecular weight excluding hydrogens is 226 g/mol. The standard InChI is InChI=1S/C11H11NO3S/c13-16(14,15)8-12-11-6-5-9-3-1-2-4-10(9)7-11/h1-7,12H,8H2,(H,13,14,15). The first kappa shape index (κ1) is 10.9. The first-order valence-electron chi connectivity index (χ1n) is 4.72. The van der Waals surface area contributed by atoms with Crippen molar-refractivity contribution in [3.8, 4) is 0 Å². The fourth-order valence-corrected chi connectivity index (χ4v) is 1.82. The van der Waals surface area contributed by atoms with Crippen molar-refractivity contribution in [1.29, 1.82) is 0 Å². The second-order valence-corrected chi connectivity index (χ2v) is 4.92. The molecule has 0 saturated heterocycles. The van der Waals surface area contributed by atoms with Crippen LogP contribution in [0.5, 0.6) is 0 Å². The minimum absolute atomic E-state index is 0.481. The maximum atomic E-state index is 10.6. The van der Waals surface area contributed by atoms with Crippen LogP contribution < -0.4 is 5.32 Å². The van der Waals surface area contributed by atoms with Crippen LogP contribution in [-0.2, 0) is 10.1 Å². The summed E-state index contributed by atoms with van der Waals surface area (Å²) in [5.74, 6) is -0.481. The number of nitrogens with one attached hydrogen (secondary N) is 1. The van der Waals surface area contributed by atoms with Crippen LogP contribution in [-0.4, -0.2) is 18.8 Å². The van der Waals surface area contributed by atoms with Crippen LogP contribution in [0.4, 0.5) is 5.69 Å². The average Bonchev–Trinajstić information content (AvgIpc) is 2.25. The molecule has 0 spiro atoms. The summed E-state index contributed by atoms with van der Waals surface area (Å²) in [6.07, 6.45) is 0. The van der Waals surface area contributed by atoms with Crippen LogP contribution in [0.15, 0.2) is 42.5 Å². The Hall–Kier alpha value is -1.59. The fraction of sp³-hybridized carbons (Fsp3) is 0.0909. The van der Waals surface area contributed by atoms with Crippen molar-refractivity contribution < 1.29 is 13.0 Å². The Morgan fingerprint density at radius 3 is 2.44 bits per heavy atom. The van der Waals surface area contributed by atoms with Crippen molar-refractivity contribution >= 4 is 26.6 Å². The number of anilines is 1. The molecule has 0 fully saturated rings. The SMILES string of the molecule is O=S(=O)(O)CNc1ccc2ccccc2c1. The number of rotatable bonds is 3. The predicted molar refractivity (Wildman–Crippen MR) is 64.0 cm³/mol. The molecule has 84 valence electrons. The summed E-state index contributed by atoms with van der Waals surface area (Å²) < 4.78 is 29.7. The van der Waals surface area contributed by atoms with E-state index in [1.165, 1.54) is 0 Å². The van der Waals surface area contributed by atoms with Crippen molar-refractivity contribution in [1.82, 2.24) is 0 Å². The number of fused-ring (bicyclic) bond motifs is 1. The summed E-state index contributed by atoms with van der Waals surface area (Å²) in [6, 6.07) is 13.3. The summed E-state index contributed by atoms with van der Waals surface area (Å²) in [7, 11) is -3.99. The van der Waals surface area contributed by atoms with Gasteiger partial charge in [0.1, 0.15) is 5.88 Å². The summed E-state index contributed by atoms with van der Waals surface area (Å²) in [5.41, 5.74) is 0.663. The Morgan fingerprint density at radius 2 is 1.75 bits per heavy atom. The van der Waals surface area contributed by atoms with Crippen LogP contribution in [0.25, 0.3) is 10.8 Å². The van der Waals surface area contributed by atoms with Crippen molar-refractivity contribution in [3.63, 3.8) is 0 Å². The molecular formula is C11H11NO3S. The molecule has 4 nitrogen and oxygen atoms in total. The van der Waals surface area contributed by atoms with Gasteiger partial charge in [-0.1, -0.05) is 30.3 Å². The van der Waals surface area contributed by atoms with E-state index in [9.17, 15) is 8.42 Å². The summed E-state index contributed by atoms with van der Waals surface area (Å²) in [6.45, 7) is 0. The van der Waals surface area contributed by atoms with Crippen LogP contribution in [0.3, 0.4) is 0 Å². The van der Waals surface area contributed by atoms with Crippen LogP contribution in [0.2, 0.25) is 0 Å². The minimum atomic E-state index is -3.99. The third-order valence-corrected chi connectivity index (χ3v) is 2.72. The maximum Gasteiger partial charge on any atom is 0.283 e. The fourth-order valence-electron chi connectivity index (χ4n) is 1.47. The third-order valence-electron chi connectivity index (χ3n) is 2.21. The van der Waals surface area contributed by atoms with E-state index in [-0.39, 0.29) is 0 Å². The molecule has 16 heavy (non-hydrogen) atoms. The van der Waals surface area contributed by atoms with E-state index in [0.717, 1.165) is 10.8 Å². The van der Waals surface area contributed by atoms with Crippen LogP contribution in [0, 0.1) is 0 Å². The van der Waals surface area contributed by atoms with Gasteiger partial charge in [0.05, 0.1) is 0 Å². The van der Waals surface area contributed by atoms with E-state index in [4.69, 9.17) is 4.55 Å². The Labute approximate surface area is 93.7 Å². The highest BCUT2D eigenvalue weighted by Crippen LogP contribution is 2.18. The molecule has 0 radical (unpaired) electrons. The van der Waals surface area contributed by atoms with Gasteiger partial charge in [0.15, 0.2) is 0 Å².